The van der Waals surface area contributed by atoms with Crippen molar-refractivity contribution in [2.24, 2.45) is 17.8 Å². The summed E-state index contributed by atoms with van der Waals surface area (Å²) in [5, 5.41) is 3.22. The van der Waals surface area contributed by atoms with E-state index in [1.807, 2.05) is 35.2 Å². The van der Waals surface area contributed by atoms with Gasteiger partial charge in [0.2, 0.25) is 11.8 Å². The van der Waals surface area contributed by atoms with Crippen LogP contribution >= 0.6 is 0 Å². The molecular formula is C26H41N3O3. The van der Waals surface area contributed by atoms with Gasteiger partial charge in [0.05, 0.1) is 18.9 Å². The van der Waals surface area contributed by atoms with Gasteiger partial charge in [-0.25, -0.2) is 0 Å². The molecule has 0 radical (unpaired) electrons. The summed E-state index contributed by atoms with van der Waals surface area (Å²) in [5.41, 5.74) is 0. The molecular weight excluding hydrogens is 402 g/mol. The van der Waals surface area contributed by atoms with E-state index in [2.05, 4.69) is 31.0 Å². The highest BCUT2D eigenvalue weighted by molar-refractivity contribution is 5.81. The van der Waals surface area contributed by atoms with E-state index < -0.39 is 0 Å². The predicted octanol–water partition coefficient (Wildman–Crippen LogP) is 3.57. The summed E-state index contributed by atoms with van der Waals surface area (Å²) in [5.74, 6) is 2.13. The number of likely N-dealkylation sites (tertiary alicyclic amines) is 2. The van der Waals surface area contributed by atoms with Crippen LogP contribution in [0.1, 0.15) is 52.9 Å². The van der Waals surface area contributed by atoms with Crippen LogP contribution in [0.5, 0.6) is 5.75 Å². The van der Waals surface area contributed by atoms with Crippen molar-refractivity contribution < 1.29 is 14.3 Å². The van der Waals surface area contributed by atoms with Gasteiger partial charge in [-0.05, 0) is 62.7 Å². The fourth-order valence-electron chi connectivity index (χ4n) is 4.84. The highest BCUT2D eigenvalue weighted by atomic mass is 16.5. The Morgan fingerprint density at radius 2 is 1.81 bits per heavy atom. The van der Waals surface area contributed by atoms with Gasteiger partial charge in [-0.1, -0.05) is 39.0 Å². The van der Waals surface area contributed by atoms with Crippen molar-refractivity contribution in [3.8, 4) is 5.75 Å². The lowest BCUT2D eigenvalue weighted by atomic mass is 9.93. The van der Waals surface area contributed by atoms with Crippen molar-refractivity contribution in [3.63, 3.8) is 0 Å². The maximum Gasteiger partial charge on any atom is 0.226 e. The van der Waals surface area contributed by atoms with Crippen molar-refractivity contribution in [3.05, 3.63) is 30.3 Å². The highest BCUT2D eigenvalue weighted by Crippen LogP contribution is 2.22. The van der Waals surface area contributed by atoms with E-state index in [0.29, 0.717) is 38.1 Å². The first-order valence-corrected chi connectivity index (χ1v) is 12.4. The van der Waals surface area contributed by atoms with Gasteiger partial charge in [-0.2, -0.15) is 0 Å². The van der Waals surface area contributed by atoms with Gasteiger partial charge in [0.15, 0.2) is 0 Å². The summed E-state index contributed by atoms with van der Waals surface area (Å²) in [6.45, 7) is 11.4. The number of rotatable bonds is 9. The standard InChI is InChI=1S/C26H41N3O3/c1-20(2)24(28-15-11-21(3)12-16-28)18-27-26(31)22-8-7-14-29(19-22)25(30)13-17-32-23-9-5-4-6-10-23/h4-6,9-10,20-22,24H,7-8,11-19H2,1-3H3,(H,27,31). The highest BCUT2D eigenvalue weighted by Gasteiger charge is 2.30. The average molecular weight is 444 g/mol. The Morgan fingerprint density at radius 1 is 1.09 bits per heavy atom. The summed E-state index contributed by atoms with van der Waals surface area (Å²) < 4.78 is 5.66. The van der Waals surface area contributed by atoms with E-state index in [1.54, 1.807) is 0 Å². The summed E-state index contributed by atoms with van der Waals surface area (Å²) in [4.78, 5) is 30.0. The average Bonchev–Trinajstić information content (AvgIpc) is 2.80. The Balaban J connectivity index is 1.43. The van der Waals surface area contributed by atoms with Crippen LogP contribution in [-0.2, 0) is 9.59 Å². The van der Waals surface area contributed by atoms with Crippen LogP contribution in [0.15, 0.2) is 30.3 Å². The van der Waals surface area contributed by atoms with E-state index >= 15 is 0 Å². The van der Waals surface area contributed by atoms with Crippen molar-refractivity contribution >= 4 is 11.8 Å². The maximum absolute atomic E-state index is 12.9. The van der Waals surface area contributed by atoms with Gasteiger partial charge in [-0.15, -0.1) is 0 Å². The summed E-state index contributed by atoms with van der Waals surface area (Å²) in [6, 6.07) is 9.93. The second-order valence-corrected chi connectivity index (χ2v) is 9.87. The fourth-order valence-corrected chi connectivity index (χ4v) is 4.84. The quantitative estimate of drug-likeness (QED) is 0.634. The third kappa shape index (κ3) is 7.22. The van der Waals surface area contributed by atoms with Crippen LogP contribution in [0.4, 0.5) is 0 Å². The van der Waals surface area contributed by atoms with E-state index in [4.69, 9.17) is 4.74 Å². The van der Waals surface area contributed by atoms with Crippen LogP contribution in [0, 0.1) is 17.8 Å². The Labute approximate surface area is 193 Å². The number of nitrogens with one attached hydrogen (secondary N) is 1. The van der Waals surface area contributed by atoms with Crippen LogP contribution < -0.4 is 10.1 Å². The van der Waals surface area contributed by atoms with Gasteiger partial charge in [-0.3, -0.25) is 14.5 Å². The van der Waals surface area contributed by atoms with Gasteiger partial charge in [0, 0.05) is 25.7 Å². The number of para-hydroxylation sites is 1. The van der Waals surface area contributed by atoms with Gasteiger partial charge < -0.3 is 15.0 Å². The number of ether oxygens (including phenoxy) is 1. The zero-order valence-corrected chi connectivity index (χ0v) is 20.1. The number of piperidine rings is 2. The number of amides is 2. The SMILES string of the molecule is CC1CCN(C(CNC(=O)C2CCCN(C(=O)CCOc3ccccc3)C2)C(C)C)CC1. The minimum Gasteiger partial charge on any atom is -0.493 e. The number of carbonyl (C=O) groups is 2. The summed E-state index contributed by atoms with van der Waals surface area (Å²) in [7, 11) is 0. The predicted molar refractivity (Wildman–Crippen MR) is 127 cm³/mol. The topological polar surface area (TPSA) is 61.9 Å². The molecule has 2 amide bonds. The third-order valence-electron chi connectivity index (χ3n) is 7.01. The lowest BCUT2D eigenvalue weighted by Crippen LogP contribution is -2.52. The zero-order valence-electron chi connectivity index (χ0n) is 20.1. The van der Waals surface area contributed by atoms with Crippen LogP contribution in [0.2, 0.25) is 0 Å². The molecule has 2 saturated heterocycles. The van der Waals surface area contributed by atoms with Crippen molar-refractivity contribution in [1.82, 2.24) is 15.1 Å². The number of hydrogen-bond acceptors (Lipinski definition) is 4. The lowest BCUT2D eigenvalue weighted by molar-refractivity contribution is -0.136. The second-order valence-electron chi connectivity index (χ2n) is 9.87. The third-order valence-corrected chi connectivity index (χ3v) is 7.01. The fraction of sp³-hybridized carbons (Fsp3) is 0.692. The number of hydrogen-bond donors (Lipinski definition) is 1. The zero-order chi connectivity index (χ0) is 22.9. The van der Waals surface area contributed by atoms with Crippen LogP contribution in [0.3, 0.4) is 0 Å². The molecule has 1 aromatic carbocycles. The van der Waals surface area contributed by atoms with Crippen molar-refractivity contribution in [1.29, 1.82) is 0 Å². The molecule has 0 spiro atoms. The molecule has 2 aliphatic heterocycles. The molecule has 0 aliphatic carbocycles. The van der Waals surface area contributed by atoms with Crippen LogP contribution in [0.25, 0.3) is 0 Å². The largest absolute Gasteiger partial charge is 0.493 e. The molecule has 178 valence electrons. The van der Waals surface area contributed by atoms with Crippen molar-refractivity contribution in [2.75, 3.05) is 39.3 Å². The number of carbonyl (C=O) groups excluding carboxylic acids is 2. The second kappa shape index (κ2) is 12.2. The number of nitrogens with zero attached hydrogens (tertiary/aromatic N) is 2. The monoisotopic (exact) mass is 443 g/mol. The Morgan fingerprint density at radius 3 is 2.50 bits per heavy atom. The molecule has 32 heavy (non-hydrogen) atoms. The molecule has 2 unspecified atom stereocenters. The van der Waals surface area contributed by atoms with Crippen molar-refractivity contribution in [2.45, 2.75) is 58.9 Å². The minimum atomic E-state index is -0.114. The molecule has 1 N–H and O–H groups in total. The molecule has 0 bridgehead atoms. The van der Waals surface area contributed by atoms with Gasteiger partial charge >= 0.3 is 0 Å². The molecule has 6 nitrogen and oxygen atoms in total. The molecule has 1 aromatic rings. The normalized spacial score (nSPS) is 21.4. The first-order valence-electron chi connectivity index (χ1n) is 12.4. The smallest absolute Gasteiger partial charge is 0.226 e. The molecule has 2 aliphatic rings. The minimum absolute atomic E-state index is 0.0703. The Bertz CT molecular complexity index is 716. The van der Waals surface area contributed by atoms with Gasteiger partial charge in [0.25, 0.3) is 0 Å². The Hall–Kier alpha value is -2.08. The first kappa shape index (κ1) is 24.6. The first-order chi connectivity index (χ1) is 15.4. The Kier molecular flexibility index (Phi) is 9.39. The molecule has 0 saturated carbocycles. The van der Waals surface area contributed by atoms with E-state index in [0.717, 1.165) is 44.1 Å². The van der Waals surface area contributed by atoms with E-state index in [-0.39, 0.29) is 17.7 Å². The maximum atomic E-state index is 12.9. The molecule has 6 heteroatoms. The van der Waals surface area contributed by atoms with E-state index in [9.17, 15) is 9.59 Å². The molecule has 2 fully saturated rings. The lowest BCUT2D eigenvalue weighted by Gasteiger charge is -2.39. The molecule has 0 aromatic heterocycles. The van der Waals surface area contributed by atoms with Crippen LogP contribution in [-0.4, -0.2) is 67.0 Å². The summed E-state index contributed by atoms with van der Waals surface area (Å²) in [6.07, 6.45) is 4.55. The number of benzene rings is 1. The molecule has 2 heterocycles. The summed E-state index contributed by atoms with van der Waals surface area (Å²) >= 11 is 0. The molecule has 2 atom stereocenters. The molecule has 3 rings (SSSR count). The van der Waals surface area contributed by atoms with Gasteiger partial charge in [0.1, 0.15) is 5.75 Å². The van der Waals surface area contributed by atoms with E-state index in [1.165, 1.54) is 12.8 Å².